The second-order valence-corrected chi connectivity index (χ2v) is 4.83. The van der Waals surface area contributed by atoms with Crippen LogP contribution in [0.15, 0.2) is 48.5 Å². The zero-order chi connectivity index (χ0) is 16.1. The zero-order valence-corrected chi connectivity index (χ0v) is 12.0. The summed E-state index contributed by atoms with van der Waals surface area (Å²) in [5.41, 5.74) is 1.48. The highest BCUT2D eigenvalue weighted by molar-refractivity contribution is 5.87. The molecule has 2 rings (SSSR count). The number of ether oxygens (including phenoxy) is 1. The highest BCUT2D eigenvalue weighted by Crippen LogP contribution is 2.27. The average molecular weight is 300 g/mol. The summed E-state index contributed by atoms with van der Waals surface area (Å²) in [6.45, 7) is 0. The van der Waals surface area contributed by atoms with Crippen molar-refractivity contribution >= 4 is 11.9 Å². The van der Waals surface area contributed by atoms with E-state index in [2.05, 4.69) is 0 Å². The number of rotatable bonds is 6. The van der Waals surface area contributed by atoms with E-state index < -0.39 is 17.9 Å². The Kier molecular flexibility index (Phi) is 4.78. The highest BCUT2D eigenvalue weighted by atomic mass is 16.5. The lowest BCUT2D eigenvalue weighted by Gasteiger charge is -2.15. The summed E-state index contributed by atoms with van der Waals surface area (Å²) < 4.78 is 5.24. The van der Waals surface area contributed by atoms with E-state index in [1.165, 1.54) is 31.4 Å². The van der Waals surface area contributed by atoms with Crippen molar-refractivity contribution in [1.82, 2.24) is 0 Å². The number of para-hydroxylation sites is 1. The van der Waals surface area contributed by atoms with Gasteiger partial charge in [-0.1, -0.05) is 30.3 Å². The van der Waals surface area contributed by atoms with Gasteiger partial charge >= 0.3 is 11.9 Å². The molecule has 2 N–H and O–H groups in total. The summed E-state index contributed by atoms with van der Waals surface area (Å²) in [7, 11) is 1.54. The standard InChI is InChI=1S/C17H16O5/c1-22-15-5-3-2-4-13(15)10-14(17(20)21)11-6-8-12(9-7-11)16(18)19/h2-9,14H,10H2,1H3,(H,18,19)(H,20,21). The molecule has 0 aliphatic heterocycles. The summed E-state index contributed by atoms with van der Waals surface area (Å²) in [5, 5.41) is 18.4. The molecule has 1 unspecified atom stereocenters. The summed E-state index contributed by atoms with van der Waals surface area (Å²) in [6.07, 6.45) is 0.270. The highest BCUT2D eigenvalue weighted by Gasteiger charge is 2.22. The molecule has 0 radical (unpaired) electrons. The fourth-order valence-corrected chi connectivity index (χ4v) is 2.30. The molecule has 22 heavy (non-hydrogen) atoms. The van der Waals surface area contributed by atoms with Gasteiger partial charge in [0.1, 0.15) is 5.75 Å². The first-order valence-corrected chi connectivity index (χ1v) is 6.71. The SMILES string of the molecule is COc1ccccc1CC(C(=O)O)c1ccc(C(=O)O)cc1. The molecule has 2 aromatic carbocycles. The number of aliphatic carboxylic acids is 1. The van der Waals surface area contributed by atoms with E-state index in [-0.39, 0.29) is 12.0 Å². The Morgan fingerprint density at radius 1 is 1.05 bits per heavy atom. The molecule has 0 saturated carbocycles. The Bertz CT molecular complexity index is 676. The van der Waals surface area contributed by atoms with Gasteiger partial charge in [0.15, 0.2) is 0 Å². The molecule has 1 atom stereocenters. The Hall–Kier alpha value is -2.82. The molecule has 0 spiro atoms. The number of carboxylic acid groups (broad SMARTS) is 2. The second-order valence-electron chi connectivity index (χ2n) is 4.83. The third-order valence-electron chi connectivity index (χ3n) is 3.47. The molecule has 0 aromatic heterocycles. The van der Waals surface area contributed by atoms with Gasteiger partial charge in [-0.25, -0.2) is 4.79 Å². The maximum absolute atomic E-state index is 11.6. The number of methoxy groups -OCH3 is 1. The van der Waals surface area contributed by atoms with Crippen molar-refractivity contribution in [2.24, 2.45) is 0 Å². The van der Waals surface area contributed by atoms with Gasteiger partial charge in [0.25, 0.3) is 0 Å². The predicted octanol–water partition coefficient (Wildman–Crippen LogP) is 2.80. The van der Waals surface area contributed by atoms with Crippen LogP contribution in [-0.4, -0.2) is 29.3 Å². The van der Waals surface area contributed by atoms with Gasteiger partial charge < -0.3 is 14.9 Å². The van der Waals surface area contributed by atoms with E-state index >= 15 is 0 Å². The lowest BCUT2D eigenvalue weighted by Crippen LogP contribution is -2.15. The molecule has 2 aromatic rings. The summed E-state index contributed by atoms with van der Waals surface area (Å²) in [4.78, 5) is 22.4. The molecule has 0 heterocycles. The molecule has 0 amide bonds. The summed E-state index contributed by atoms with van der Waals surface area (Å²) >= 11 is 0. The van der Waals surface area contributed by atoms with Crippen LogP contribution in [0.4, 0.5) is 0 Å². The smallest absolute Gasteiger partial charge is 0.335 e. The Morgan fingerprint density at radius 2 is 1.68 bits per heavy atom. The number of hydrogen-bond acceptors (Lipinski definition) is 3. The first kappa shape index (κ1) is 15.6. The lowest BCUT2D eigenvalue weighted by atomic mass is 9.91. The van der Waals surface area contributed by atoms with Gasteiger partial charge in [-0.05, 0) is 35.7 Å². The topological polar surface area (TPSA) is 83.8 Å². The van der Waals surface area contributed by atoms with Gasteiger partial charge in [0.2, 0.25) is 0 Å². The minimum Gasteiger partial charge on any atom is -0.496 e. The molecule has 0 saturated heterocycles. The van der Waals surface area contributed by atoms with E-state index in [0.717, 1.165) is 5.56 Å². The van der Waals surface area contributed by atoms with Crippen LogP contribution < -0.4 is 4.74 Å². The van der Waals surface area contributed by atoms with Gasteiger partial charge in [-0.3, -0.25) is 4.79 Å². The van der Waals surface area contributed by atoms with Crippen molar-refractivity contribution in [2.75, 3.05) is 7.11 Å². The third-order valence-corrected chi connectivity index (χ3v) is 3.47. The van der Waals surface area contributed by atoms with Crippen molar-refractivity contribution in [3.63, 3.8) is 0 Å². The third kappa shape index (κ3) is 3.44. The number of carboxylic acids is 2. The van der Waals surface area contributed by atoms with Crippen molar-refractivity contribution in [3.8, 4) is 5.75 Å². The molecule has 0 aliphatic rings. The first-order valence-electron chi connectivity index (χ1n) is 6.71. The second kappa shape index (κ2) is 6.76. The number of carbonyl (C=O) groups is 2. The van der Waals surface area contributed by atoms with Gasteiger partial charge in [0.05, 0.1) is 18.6 Å². The van der Waals surface area contributed by atoms with Gasteiger partial charge in [0, 0.05) is 0 Å². The van der Waals surface area contributed by atoms with E-state index in [0.29, 0.717) is 11.3 Å². The number of aromatic carboxylic acids is 1. The van der Waals surface area contributed by atoms with Crippen LogP contribution in [-0.2, 0) is 11.2 Å². The van der Waals surface area contributed by atoms with Gasteiger partial charge in [-0.2, -0.15) is 0 Å². The molecule has 0 bridgehead atoms. The van der Waals surface area contributed by atoms with Crippen LogP contribution in [0.3, 0.4) is 0 Å². The largest absolute Gasteiger partial charge is 0.496 e. The molecular weight excluding hydrogens is 284 g/mol. The van der Waals surface area contributed by atoms with E-state index in [9.17, 15) is 14.7 Å². The van der Waals surface area contributed by atoms with Crippen molar-refractivity contribution in [1.29, 1.82) is 0 Å². The van der Waals surface area contributed by atoms with Crippen molar-refractivity contribution in [3.05, 3.63) is 65.2 Å². The molecule has 0 aliphatic carbocycles. The average Bonchev–Trinajstić information content (AvgIpc) is 2.52. The van der Waals surface area contributed by atoms with E-state index in [1.807, 2.05) is 18.2 Å². The fraction of sp³-hybridized carbons (Fsp3) is 0.176. The molecule has 0 fully saturated rings. The summed E-state index contributed by atoms with van der Waals surface area (Å²) in [6, 6.07) is 13.1. The van der Waals surface area contributed by atoms with E-state index in [4.69, 9.17) is 9.84 Å². The number of benzene rings is 2. The monoisotopic (exact) mass is 300 g/mol. The van der Waals surface area contributed by atoms with Crippen LogP contribution >= 0.6 is 0 Å². The summed E-state index contributed by atoms with van der Waals surface area (Å²) in [5.74, 6) is -2.13. The van der Waals surface area contributed by atoms with Crippen LogP contribution in [0.1, 0.15) is 27.4 Å². The number of hydrogen-bond donors (Lipinski definition) is 2. The molecule has 5 nitrogen and oxygen atoms in total. The van der Waals surface area contributed by atoms with Crippen LogP contribution in [0.2, 0.25) is 0 Å². The maximum Gasteiger partial charge on any atom is 0.335 e. The maximum atomic E-state index is 11.6. The minimum absolute atomic E-state index is 0.130. The lowest BCUT2D eigenvalue weighted by molar-refractivity contribution is -0.138. The molecule has 114 valence electrons. The fourth-order valence-electron chi connectivity index (χ4n) is 2.30. The molecule has 5 heteroatoms. The van der Waals surface area contributed by atoms with Crippen molar-refractivity contribution < 1.29 is 24.5 Å². The Morgan fingerprint density at radius 3 is 2.23 bits per heavy atom. The predicted molar refractivity (Wildman–Crippen MR) is 80.5 cm³/mol. The quantitative estimate of drug-likeness (QED) is 0.857. The zero-order valence-electron chi connectivity index (χ0n) is 12.0. The van der Waals surface area contributed by atoms with Gasteiger partial charge in [-0.15, -0.1) is 0 Å². The molecular formula is C17H16O5. The Labute approximate surface area is 127 Å². The first-order chi connectivity index (χ1) is 10.5. The van der Waals surface area contributed by atoms with E-state index in [1.54, 1.807) is 6.07 Å². The van der Waals surface area contributed by atoms with Crippen LogP contribution in [0.25, 0.3) is 0 Å². The Balaban J connectivity index is 2.30. The minimum atomic E-state index is -1.04. The van der Waals surface area contributed by atoms with Crippen LogP contribution in [0, 0.1) is 0 Å². The van der Waals surface area contributed by atoms with Crippen LogP contribution in [0.5, 0.6) is 5.75 Å². The van der Waals surface area contributed by atoms with Crippen molar-refractivity contribution in [2.45, 2.75) is 12.3 Å². The normalized spacial score (nSPS) is 11.7.